The smallest absolute Gasteiger partial charge is 0.0931 e. The van der Waals surface area contributed by atoms with Gasteiger partial charge in [0, 0.05) is 11.3 Å². The summed E-state index contributed by atoms with van der Waals surface area (Å²) < 4.78 is 0.806. The van der Waals surface area contributed by atoms with Gasteiger partial charge in [-0.2, -0.15) is 0 Å². The lowest BCUT2D eigenvalue weighted by Crippen LogP contribution is -2.23. The molecule has 1 N–H and O–H groups in total. The summed E-state index contributed by atoms with van der Waals surface area (Å²) in [5, 5.41) is 10.1. The van der Waals surface area contributed by atoms with Crippen LogP contribution < -0.4 is 0 Å². The van der Waals surface area contributed by atoms with E-state index < -0.39 is 0 Å². The molecule has 1 heterocycles. The highest BCUT2D eigenvalue weighted by atomic mass is 35.5. The number of allylic oxidation sites excluding steroid dienone is 2. The molecule has 1 aliphatic rings. The molecule has 2 rings (SSSR count). The van der Waals surface area contributed by atoms with Gasteiger partial charge in [0.15, 0.2) is 0 Å². The van der Waals surface area contributed by atoms with Gasteiger partial charge in [0.2, 0.25) is 0 Å². The van der Waals surface area contributed by atoms with Crippen molar-refractivity contribution >= 4 is 22.9 Å². The molecule has 0 amide bonds. The summed E-state index contributed by atoms with van der Waals surface area (Å²) in [6.07, 6.45) is 8.13. The zero-order valence-electron chi connectivity index (χ0n) is 8.53. The predicted molar refractivity (Wildman–Crippen MR) is 65.5 cm³/mol. The molecule has 0 fully saturated rings. The van der Waals surface area contributed by atoms with Crippen LogP contribution in [0, 0.1) is 5.92 Å². The number of halogens is 1. The van der Waals surface area contributed by atoms with Gasteiger partial charge in [-0.25, -0.2) is 0 Å². The van der Waals surface area contributed by atoms with Gasteiger partial charge >= 0.3 is 0 Å². The fourth-order valence-electron chi connectivity index (χ4n) is 2.00. The minimum absolute atomic E-state index is 0.218. The Morgan fingerprint density at radius 1 is 1.47 bits per heavy atom. The standard InChI is InChI=1S/C12H15ClOS/c13-12-7-6-10(15-12)8-11(14)9-4-2-1-3-5-9/h1-2,6-7,9,11,14H,3-5,8H2. The molecule has 2 atom stereocenters. The quantitative estimate of drug-likeness (QED) is 0.802. The number of rotatable bonds is 3. The van der Waals surface area contributed by atoms with Gasteiger partial charge in [0.25, 0.3) is 0 Å². The van der Waals surface area contributed by atoms with E-state index in [0.29, 0.717) is 5.92 Å². The Bertz CT molecular complexity index is 345. The highest BCUT2D eigenvalue weighted by Crippen LogP contribution is 2.27. The normalized spacial score (nSPS) is 22.9. The molecule has 0 spiro atoms. The lowest BCUT2D eigenvalue weighted by molar-refractivity contribution is 0.103. The van der Waals surface area contributed by atoms with Crippen molar-refractivity contribution < 1.29 is 5.11 Å². The molecule has 3 heteroatoms. The summed E-state index contributed by atoms with van der Waals surface area (Å²) in [6.45, 7) is 0. The van der Waals surface area contributed by atoms with E-state index in [1.165, 1.54) is 4.88 Å². The van der Waals surface area contributed by atoms with E-state index in [1.807, 2.05) is 12.1 Å². The third kappa shape index (κ3) is 3.07. The zero-order chi connectivity index (χ0) is 10.7. The Hall–Kier alpha value is -0.310. The first kappa shape index (κ1) is 11.2. The third-order valence-corrected chi connectivity index (χ3v) is 4.15. The van der Waals surface area contributed by atoms with Crippen LogP contribution in [0.3, 0.4) is 0 Å². The second kappa shape index (κ2) is 5.15. The number of aliphatic hydroxyl groups is 1. The Labute approximate surface area is 99.4 Å². The Morgan fingerprint density at radius 2 is 2.33 bits per heavy atom. The second-order valence-electron chi connectivity index (χ2n) is 4.02. The van der Waals surface area contributed by atoms with Gasteiger partial charge in [-0.15, -0.1) is 11.3 Å². The number of thiophene rings is 1. The summed E-state index contributed by atoms with van der Waals surface area (Å²) >= 11 is 7.42. The van der Waals surface area contributed by atoms with Crippen LogP contribution >= 0.6 is 22.9 Å². The first-order chi connectivity index (χ1) is 7.25. The van der Waals surface area contributed by atoms with Gasteiger partial charge in [0.05, 0.1) is 10.4 Å². The van der Waals surface area contributed by atoms with Crippen LogP contribution in [0.2, 0.25) is 4.34 Å². The molecule has 0 aliphatic heterocycles. The molecule has 2 unspecified atom stereocenters. The zero-order valence-corrected chi connectivity index (χ0v) is 10.1. The van der Waals surface area contributed by atoms with Gasteiger partial charge in [-0.05, 0) is 37.3 Å². The monoisotopic (exact) mass is 242 g/mol. The van der Waals surface area contributed by atoms with Crippen molar-refractivity contribution in [1.82, 2.24) is 0 Å². The van der Waals surface area contributed by atoms with E-state index >= 15 is 0 Å². The van der Waals surface area contributed by atoms with Crippen LogP contribution in [0.15, 0.2) is 24.3 Å². The maximum Gasteiger partial charge on any atom is 0.0931 e. The van der Waals surface area contributed by atoms with Crippen LogP contribution in [0.4, 0.5) is 0 Å². The van der Waals surface area contributed by atoms with Crippen molar-refractivity contribution in [3.63, 3.8) is 0 Å². The predicted octanol–water partition coefficient (Wildman–Crippen LogP) is 3.66. The molecule has 1 aromatic rings. The number of aliphatic hydroxyl groups excluding tert-OH is 1. The van der Waals surface area contributed by atoms with Gasteiger partial charge in [-0.1, -0.05) is 23.8 Å². The molecule has 0 saturated carbocycles. The lowest BCUT2D eigenvalue weighted by atomic mass is 9.88. The molecule has 0 aromatic carbocycles. The molecule has 1 nitrogen and oxygen atoms in total. The fourth-order valence-corrected chi connectivity index (χ4v) is 3.14. The first-order valence-corrected chi connectivity index (χ1v) is 6.52. The van der Waals surface area contributed by atoms with E-state index in [9.17, 15) is 5.11 Å². The fraction of sp³-hybridized carbons (Fsp3) is 0.500. The largest absolute Gasteiger partial charge is 0.392 e. The topological polar surface area (TPSA) is 20.2 Å². The van der Waals surface area contributed by atoms with E-state index in [0.717, 1.165) is 30.0 Å². The van der Waals surface area contributed by atoms with Crippen LogP contribution in [-0.4, -0.2) is 11.2 Å². The summed E-state index contributed by atoms with van der Waals surface area (Å²) in [5.74, 6) is 0.427. The maximum absolute atomic E-state index is 10.1. The SMILES string of the molecule is OC(Cc1ccc(Cl)s1)C1CC=CCC1. The average molecular weight is 243 g/mol. The molecule has 82 valence electrons. The average Bonchev–Trinajstić information content (AvgIpc) is 2.65. The lowest BCUT2D eigenvalue weighted by Gasteiger charge is -2.23. The minimum Gasteiger partial charge on any atom is -0.392 e. The summed E-state index contributed by atoms with van der Waals surface area (Å²) in [4.78, 5) is 1.18. The third-order valence-electron chi connectivity index (χ3n) is 2.89. The second-order valence-corrected chi connectivity index (χ2v) is 5.82. The van der Waals surface area contributed by atoms with Crippen LogP contribution in [0.5, 0.6) is 0 Å². The molecule has 0 radical (unpaired) electrons. The van der Waals surface area contributed by atoms with Crippen molar-refractivity contribution in [1.29, 1.82) is 0 Å². The molecular formula is C12H15ClOS. The van der Waals surface area contributed by atoms with Crippen LogP contribution in [0.1, 0.15) is 24.1 Å². The molecule has 15 heavy (non-hydrogen) atoms. The van der Waals surface area contributed by atoms with E-state index in [1.54, 1.807) is 11.3 Å². The Balaban J connectivity index is 1.91. The molecular weight excluding hydrogens is 228 g/mol. The summed E-state index contributed by atoms with van der Waals surface area (Å²) in [7, 11) is 0. The number of hydrogen-bond donors (Lipinski definition) is 1. The Morgan fingerprint density at radius 3 is 2.93 bits per heavy atom. The van der Waals surface area contributed by atoms with Crippen molar-refractivity contribution in [2.24, 2.45) is 5.92 Å². The van der Waals surface area contributed by atoms with Crippen molar-refractivity contribution in [3.8, 4) is 0 Å². The van der Waals surface area contributed by atoms with Gasteiger partial charge in [-0.3, -0.25) is 0 Å². The van der Waals surface area contributed by atoms with Crippen molar-refractivity contribution in [2.45, 2.75) is 31.8 Å². The molecule has 1 aliphatic carbocycles. The molecule has 0 bridgehead atoms. The number of hydrogen-bond acceptors (Lipinski definition) is 2. The van der Waals surface area contributed by atoms with Gasteiger partial charge < -0.3 is 5.11 Å². The summed E-state index contributed by atoms with van der Waals surface area (Å²) in [5.41, 5.74) is 0. The maximum atomic E-state index is 10.1. The van der Waals surface area contributed by atoms with E-state index in [2.05, 4.69) is 12.2 Å². The first-order valence-electron chi connectivity index (χ1n) is 5.33. The minimum atomic E-state index is -0.218. The molecule has 1 aromatic heterocycles. The van der Waals surface area contributed by atoms with E-state index in [4.69, 9.17) is 11.6 Å². The van der Waals surface area contributed by atoms with E-state index in [-0.39, 0.29) is 6.10 Å². The van der Waals surface area contributed by atoms with Crippen LogP contribution in [0.25, 0.3) is 0 Å². The highest BCUT2D eigenvalue weighted by Gasteiger charge is 2.20. The van der Waals surface area contributed by atoms with Gasteiger partial charge in [0.1, 0.15) is 0 Å². The van der Waals surface area contributed by atoms with Crippen molar-refractivity contribution in [3.05, 3.63) is 33.5 Å². The highest BCUT2D eigenvalue weighted by molar-refractivity contribution is 7.16. The van der Waals surface area contributed by atoms with Crippen LogP contribution in [-0.2, 0) is 6.42 Å². The molecule has 0 saturated heterocycles. The Kier molecular flexibility index (Phi) is 3.84. The summed E-state index contributed by atoms with van der Waals surface area (Å²) in [6, 6.07) is 3.91. The van der Waals surface area contributed by atoms with Crippen molar-refractivity contribution in [2.75, 3.05) is 0 Å².